The van der Waals surface area contributed by atoms with Gasteiger partial charge in [-0.2, -0.15) is 5.10 Å². The third kappa shape index (κ3) is 2.09. The van der Waals surface area contributed by atoms with Crippen molar-refractivity contribution in [1.82, 2.24) is 14.3 Å². The van der Waals surface area contributed by atoms with Crippen molar-refractivity contribution in [3.8, 4) is 0 Å². The Kier molecular flexibility index (Phi) is 2.72. The van der Waals surface area contributed by atoms with Crippen molar-refractivity contribution < 1.29 is 9.90 Å². The predicted molar refractivity (Wildman–Crippen MR) is 44.7 cm³/mol. The van der Waals surface area contributed by atoms with Crippen molar-refractivity contribution in [2.24, 2.45) is 7.05 Å². The number of halogens is 1. The summed E-state index contributed by atoms with van der Waals surface area (Å²) >= 11 is 5.42. The minimum Gasteiger partial charge on any atom is -0.480 e. The van der Waals surface area contributed by atoms with Crippen LogP contribution in [0.5, 0.6) is 0 Å². The second-order valence-corrected chi connectivity index (χ2v) is 3.04. The number of aryl methyl sites for hydroxylation is 1. The lowest BCUT2D eigenvalue weighted by Crippen LogP contribution is -2.29. The van der Waals surface area contributed by atoms with Crippen LogP contribution in [-0.2, 0) is 18.4 Å². The van der Waals surface area contributed by atoms with Gasteiger partial charge in [0.1, 0.15) is 6.33 Å². The first-order valence-corrected chi connectivity index (χ1v) is 3.91. The highest BCUT2D eigenvalue weighted by molar-refractivity contribution is 6.29. The Bertz CT molecular complexity index is 369. The molecule has 72 valence electrons. The Morgan fingerprint density at radius 2 is 2.46 bits per heavy atom. The van der Waals surface area contributed by atoms with Crippen LogP contribution in [0.1, 0.15) is 0 Å². The van der Waals surface area contributed by atoms with Gasteiger partial charge in [0, 0.05) is 7.05 Å². The van der Waals surface area contributed by atoms with Crippen LogP contribution < -0.4 is 5.69 Å². The highest BCUT2D eigenvalue weighted by Crippen LogP contribution is 1.97. The summed E-state index contributed by atoms with van der Waals surface area (Å²) < 4.78 is 2.25. The second-order valence-electron chi connectivity index (χ2n) is 2.51. The van der Waals surface area contributed by atoms with E-state index in [-0.39, 0.29) is 12.2 Å². The van der Waals surface area contributed by atoms with E-state index in [1.807, 2.05) is 0 Å². The third-order valence-electron chi connectivity index (χ3n) is 1.49. The number of carboxylic acids is 1. The normalized spacial score (nSPS) is 12.8. The third-order valence-corrected chi connectivity index (χ3v) is 1.81. The van der Waals surface area contributed by atoms with Crippen LogP contribution in [0.4, 0.5) is 0 Å². The highest BCUT2D eigenvalue weighted by Gasteiger charge is 2.16. The molecular formula is C6H8ClN3O3. The maximum Gasteiger partial charge on any atom is 0.345 e. The zero-order valence-corrected chi connectivity index (χ0v) is 7.60. The van der Waals surface area contributed by atoms with Crippen molar-refractivity contribution in [3.05, 3.63) is 16.8 Å². The molecule has 13 heavy (non-hydrogen) atoms. The van der Waals surface area contributed by atoms with Crippen molar-refractivity contribution in [1.29, 1.82) is 0 Å². The molecule has 0 bridgehead atoms. The lowest BCUT2D eigenvalue weighted by molar-refractivity contribution is -0.136. The van der Waals surface area contributed by atoms with Crippen LogP contribution in [0.3, 0.4) is 0 Å². The first kappa shape index (κ1) is 9.79. The molecule has 1 atom stereocenters. The van der Waals surface area contributed by atoms with Crippen molar-refractivity contribution >= 4 is 17.6 Å². The summed E-state index contributed by atoms with van der Waals surface area (Å²) in [5, 5.41) is 11.0. The summed E-state index contributed by atoms with van der Waals surface area (Å²) in [5.41, 5.74) is -0.382. The fourth-order valence-electron chi connectivity index (χ4n) is 0.776. The molecule has 1 heterocycles. The van der Waals surface area contributed by atoms with E-state index in [1.54, 1.807) is 0 Å². The second kappa shape index (κ2) is 3.61. The number of aliphatic carboxylic acids is 1. The average molecular weight is 206 g/mol. The van der Waals surface area contributed by atoms with E-state index in [9.17, 15) is 9.59 Å². The van der Waals surface area contributed by atoms with Gasteiger partial charge in [-0.1, -0.05) is 0 Å². The first-order chi connectivity index (χ1) is 6.02. The SMILES string of the molecule is Cn1cnn(CC(Cl)C(=O)O)c1=O. The molecule has 1 unspecified atom stereocenters. The summed E-state index contributed by atoms with van der Waals surface area (Å²) in [6.45, 7) is -0.128. The largest absolute Gasteiger partial charge is 0.480 e. The molecule has 7 heteroatoms. The maximum atomic E-state index is 11.1. The molecule has 1 rings (SSSR count). The van der Waals surface area contributed by atoms with Gasteiger partial charge < -0.3 is 5.11 Å². The molecule has 0 radical (unpaired) electrons. The van der Waals surface area contributed by atoms with Crippen molar-refractivity contribution in [2.45, 2.75) is 11.9 Å². The molecule has 1 aromatic rings. The molecule has 1 N–H and O–H groups in total. The number of nitrogens with zero attached hydrogens (tertiary/aromatic N) is 3. The molecule has 0 spiro atoms. The van der Waals surface area contributed by atoms with Crippen LogP contribution in [0.2, 0.25) is 0 Å². The monoisotopic (exact) mass is 205 g/mol. The number of hydrogen-bond acceptors (Lipinski definition) is 3. The summed E-state index contributed by atoms with van der Waals surface area (Å²) in [7, 11) is 1.52. The van der Waals surface area contributed by atoms with E-state index in [0.29, 0.717) is 0 Å². The lowest BCUT2D eigenvalue weighted by atomic mass is 10.4. The van der Waals surface area contributed by atoms with Crippen LogP contribution in [0, 0.1) is 0 Å². The Hall–Kier alpha value is -1.30. The van der Waals surface area contributed by atoms with Crippen molar-refractivity contribution in [3.63, 3.8) is 0 Å². The standard InChI is InChI=1S/C6H8ClN3O3/c1-9-3-8-10(6(9)13)2-4(7)5(11)12/h3-4H,2H2,1H3,(H,11,12). The van der Waals surface area contributed by atoms with E-state index in [4.69, 9.17) is 16.7 Å². The first-order valence-electron chi connectivity index (χ1n) is 3.47. The molecule has 0 aromatic carbocycles. The molecule has 0 amide bonds. The van der Waals surface area contributed by atoms with Gasteiger partial charge >= 0.3 is 11.7 Å². The summed E-state index contributed by atoms with van der Waals surface area (Å²) in [5.74, 6) is -1.17. The van der Waals surface area contributed by atoms with Gasteiger partial charge in [0.25, 0.3) is 0 Å². The van der Waals surface area contributed by atoms with E-state index >= 15 is 0 Å². The lowest BCUT2D eigenvalue weighted by Gasteiger charge is -2.01. The fraction of sp³-hybridized carbons (Fsp3) is 0.500. The van der Waals surface area contributed by atoms with Crippen molar-refractivity contribution in [2.75, 3.05) is 0 Å². The summed E-state index contributed by atoms with van der Waals surface area (Å²) in [4.78, 5) is 21.5. The van der Waals surface area contributed by atoms with Gasteiger partial charge in [0.15, 0.2) is 5.38 Å². The number of hydrogen-bond donors (Lipinski definition) is 1. The number of carbonyl (C=O) groups is 1. The molecule has 0 saturated carbocycles. The Labute approximate surface area is 78.3 Å². The van der Waals surface area contributed by atoms with Gasteiger partial charge in [-0.05, 0) is 0 Å². The van der Waals surface area contributed by atoms with Crippen LogP contribution >= 0.6 is 11.6 Å². The highest BCUT2D eigenvalue weighted by atomic mass is 35.5. The average Bonchev–Trinajstić information content (AvgIpc) is 2.36. The number of alkyl halides is 1. The Balaban J connectivity index is 2.81. The molecule has 0 fully saturated rings. The van der Waals surface area contributed by atoms with Gasteiger partial charge in [0.2, 0.25) is 0 Å². The van der Waals surface area contributed by atoms with Crippen LogP contribution in [-0.4, -0.2) is 30.8 Å². The molecule has 6 nitrogen and oxygen atoms in total. The van der Waals surface area contributed by atoms with Gasteiger partial charge in [-0.3, -0.25) is 9.36 Å². The quantitative estimate of drug-likeness (QED) is 0.661. The fourth-order valence-corrected chi connectivity index (χ4v) is 0.907. The van der Waals surface area contributed by atoms with Crippen LogP contribution in [0.15, 0.2) is 11.1 Å². The van der Waals surface area contributed by atoms with Crippen LogP contribution in [0.25, 0.3) is 0 Å². The smallest absolute Gasteiger partial charge is 0.345 e. The Morgan fingerprint density at radius 3 is 2.85 bits per heavy atom. The number of rotatable bonds is 3. The zero-order valence-electron chi connectivity index (χ0n) is 6.85. The van der Waals surface area contributed by atoms with E-state index in [1.165, 1.54) is 17.9 Å². The van der Waals surface area contributed by atoms with Gasteiger partial charge in [0.05, 0.1) is 6.54 Å². The van der Waals surface area contributed by atoms with Gasteiger partial charge in [-0.15, -0.1) is 11.6 Å². The van der Waals surface area contributed by atoms with Gasteiger partial charge in [-0.25, -0.2) is 9.48 Å². The Morgan fingerprint density at radius 1 is 1.85 bits per heavy atom. The molecule has 0 aliphatic carbocycles. The zero-order chi connectivity index (χ0) is 10.0. The van der Waals surface area contributed by atoms with E-state index in [2.05, 4.69) is 5.10 Å². The topological polar surface area (TPSA) is 77.1 Å². The predicted octanol–water partition coefficient (Wildman–Crippen LogP) is -0.726. The number of carboxylic acid groups (broad SMARTS) is 1. The molecule has 0 saturated heterocycles. The summed E-state index contributed by atoms with van der Waals surface area (Å²) in [6.07, 6.45) is 1.30. The van der Waals surface area contributed by atoms with E-state index in [0.717, 1.165) is 4.68 Å². The minimum absolute atomic E-state index is 0.128. The number of aromatic nitrogens is 3. The minimum atomic E-state index is -1.17. The van der Waals surface area contributed by atoms with E-state index < -0.39 is 11.3 Å². The molecular weight excluding hydrogens is 198 g/mol. The molecule has 0 aliphatic rings. The maximum absolute atomic E-state index is 11.1. The summed E-state index contributed by atoms with van der Waals surface area (Å²) in [6, 6.07) is 0. The molecule has 1 aromatic heterocycles. The molecule has 0 aliphatic heterocycles.